The first-order chi connectivity index (χ1) is 9.81. The minimum atomic E-state index is 0.106. The minimum Gasteiger partial charge on any atom is -0.379 e. The number of rotatable bonds is 7. The van der Waals surface area contributed by atoms with Crippen molar-refractivity contribution < 1.29 is 9.53 Å². The van der Waals surface area contributed by atoms with Crippen LogP contribution in [0.2, 0.25) is 0 Å². The molecule has 1 unspecified atom stereocenters. The summed E-state index contributed by atoms with van der Waals surface area (Å²) in [6, 6.07) is 4.47. The molecule has 0 aliphatic carbocycles. The van der Waals surface area contributed by atoms with Gasteiger partial charge >= 0.3 is 0 Å². The van der Waals surface area contributed by atoms with E-state index in [1.165, 1.54) is 4.88 Å². The zero-order chi connectivity index (χ0) is 14.2. The van der Waals surface area contributed by atoms with Gasteiger partial charge in [-0.1, -0.05) is 6.07 Å². The van der Waals surface area contributed by atoms with Gasteiger partial charge in [-0.15, -0.1) is 11.3 Å². The minimum absolute atomic E-state index is 0.106. The molecule has 2 rings (SSSR count). The van der Waals surface area contributed by atoms with Crippen LogP contribution in [0.25, 0.3) is 0 Å². The Kier molecular flexibility index (Phi) is 6.46. The van der Waals surface area contributed by atoms with Gasteiger partial charge in [0.25, 0.3) is 0 Å². The topological polar surface area (TPSA) is 53.6 Å². The summed E-state index contributed by atoms with van der Waals surface area (Å²) in [6.45, 7) is 4.78. The van der Waals surface area contributed by atoms with Crippen molar-refractivity contribution in [2.75, 3.05) is 46.4 Å². The van der Waals surface area contributed by atoms with Crippen LogP contribution in [-0.4, -0.2) is 57.2 Å². The molecule has 1 aliphatic heterocycles. The van der Waals surface area contributed by atoms with Gasteiger partial charge < -0.3 is 15.4 Å². The van der Waals surface area contributed by atoms with E-state index in [1.54, 1.807) is 11.3 Å². The van der Waals surface area contributed by atoms with E-state index >= 15 is 0 Å². The lowest BCUT2D eigenvalue weighted by Gasteiger charge is -2.34. The fourth-order valence-electron chi connectivity index (χ4n) is 2.32. The van der Waals surface area contributed by atoms with E-state index in [0.29, 0.717) is 19.5 Å². The van der Waals surface area contributed by atoms with Gasteiger partial charge in [0.1, 0.15) is 0 Å². The molecular weight excluding hydrogens is 274 g/mol. The van der Waals surface area contributed by atoms with E-state index in [2.05, 4.69) is 33.0 Å². The second kappa shape index (κ2) is 8.36. The van der Waals surface area contributed by atoms with E-state index in [0.717, 1.165) is 26.3 Å². The highest BCUT2D eigenvalue weighted by Gasteiger charge is 2.23. The zero-order valence-electron chi connectivity index (χ0n) is 11.9. The predicted octanol–water partition coefficient (Wildman–Crippen LogP) is 0.847. The van der Waals surface area contributed by atoms with Crippen LogP contribution in [0.4, 0.5) is 0 Å². The maximum absolute atomic E-state index is 11.8. The van der Waals surface area contributed by atoms with Crippen molar-refractivity contribution in [1.29, 1.82) is 0 Å². The average Bonchev–Trinajstić information content (AvgIpc) is 3.00. The maximum Gasteiger partial charge on any atom is 0.221 e. The van der Waals surface area contributed by atoms with Crippen LogP contribution in [0.3, 0.4) is 0 Å². The highest BCUT2D eigenvalue weighted by Crippen LogP contribution is 2.25. The smallest absolute Gasteiger partial charge is 0.221 e. The number of hydrogen-bond donors (Lipinski definition) is 2. The number of nitrogens with one attached hydrogen (secondary N) is 2. The third-order valence-corrected chi connectivity index (χ3v) is 4.43. The lowest BCUT2D eigenvalue weighted by molar-refractivity contribution is -0.121. The van der Waals surface area contributed by atoms with Gasteiger partial charge in [-0.2, -0.15) is 0 Å². The van der Waals surface area contributed by atoms with Crippen LogP contribution in [0.15, 0.2) is 17.5 Å². The van der Waals surface area contributed by atoms with Crippen molar-refractivity contribution in [3.63, 3.8) is 0 Å². The molecule has 0 saturated carbocycles. The summed E-state index contributed by atoms with van der Waals surface area (Å²) in [4.78, 5) is 15.5. The largest absolute Gasteiger partial charge is 0.379 e. The number of hydrogen-bond acceptors (Lipinski definition) is 5. The molecule has 2 heterocycles. The van der Waals surface area contributed by atoms with Crippen LogP contribution in [0.5, 0.6) is 0 Å². The first-order valence-corrected chi connectivity index (χ1v) is 7.95. The molecule has 2 N–H and O–H groups in total. The second-order valence-corrected chi connectivity index (χ2v) is 5.82. The molecule has 1 atom stereocenters. The molecule has 1 amide bonds. The van der Waals surface area contributed by atoms with Gasteiger partial charge in [-0.05, 0) is 18.5 Å². The van der Waals surface area contributed by atoms with Crippen LogP contribution in [0.1, 0.15) is 17.3 Å². The Balaban J connectivity index is 1.91. The third kappa shape index (κ3) is 4.56. The molecule has 6 heteroatoms. The summed E-state index contributed by atoms with van der Waals surface area (Å²) in [5, 5.41) is 8.13. The van der Waals surface area contributed by atoms with Gasteiger partial charge in [0.2, 0.25) is 5.91 Å². The van der Waals surface area contributed by atoms with Gasteiger partial charge in [-0.25, -0.2) is 0 Å². The number of thiophene rings is 1. The van der Waals surface area contributed by atoms with Crippen LogP contribution in [-0.2, 0) is 9.53 Å². The van der Waals surface area contributed by atoms with Crippen LogP contribution >= 0.6 is 11.3 Å². The van der Waals surface area contributed by atoms with Crippen molar-refractivity contribution in [2.45, 2.75) is 12.5 Å². The first-order valence-electron chi connectivity index (χ1n) is 7.07. The summed E-state index contributed by atoms with van der Waals surface area (Å²) in [5.41, 5.74) is 0. The Morgan fingerprint density at radius 1 is 1.50 bits per heavy atom. The summed E-state index contributed by atoms with van der Waals surface area (Å²) in [5.74, 6) is 0.106. The van der Waals surface area contributed by atoms with E-state index < -0.39 is 0 Å². The number of morpholine rings is 1. The molecule has 20 heavy (non-hydrogen) atoms. The van der Waals surface area contributed by atoms with E-state index in [-0.39, 0.29) is 11.9 Å². The molecule has 1 fully saturated rings. The second-order valence-electron chi connectivity index (χ2n) is 4.84. The molecule has 1 aliphatic rings. The summed E-state index contributed by atoms with van der Waals surface area (Å²) >= 11 is 1.75. The lowest BCUT2D eigenvalue weighted by Crippen LogP contribution is -2.43. The average molecular weight is 297 g/mol. The molecule has 1 aromatic rings. The number of carbonyl (C=O) groups excluding carboxylic acids is 1. The van der Waals surface area contributed by atoms with Crippen molar-refractivity contribution >= 4 is 17.2 Å². The zero-order valence-corrected chi connectivity index (χ0v) is 12.7. The van der Waals surface area contributed by atoms with Gasteiger partial charge in [0, 0.05) is 37.5 Å². The molecule has 112 valence electrons. The third-order valence-electron chi connectivity index (χ3n) is 3.45. The molecular formula is C14H23N3O2S. The number of ether oxygens (including phenoxy) is 1. The van der Waals surface area contributed by atoms with Crippen molar-refractivity contribution in [2.24, 2.45) is 0 Å². The summed E-state index contributed by atoms with van der Waals surface area (Å²) in [6.07, 6.45) is 0.525. The van der Waals surface area contributed by atoms with E-state index in [9.17, 15) is 4.79 Å². The monoisotopic (exact) mass is 297 g/mol. The Bertz CT molecular complexity index is 391. The number of nitrogens with zero attached hydrogens (tertiary/aromatic N) is 1. The molecule has 0 radical (unpaired) electrons. The Hall–Kier alpha value is -0.950. The molecule has 0 aromatic carbocycles. The normalized spacial score (nSPS) is 17.9. The van der Waals surface area contributed by atoms with Gasteiger partial charge in [-0.3, -0.25) is 9.69 Å². The standard InChI is InChI=1S/C14H23N3O2S/c1-15-5-4-14(18)16-11-12(13-3-2-10-20-13)17-6-8-19-9-7-17/h2-3,10,12,15H,4-9,11H2,1H3,(H,16,18). The SMILES string of the molecule is CNCCC(=O)NCC(c1cccs1)N1CCOCC1. The van der Waals surface area contributed by atoms with Crippen LogP contribution in [0, 0.1) is 0 Å². The van der Waals surface area contributed by atoms with Crippen molar-refractivity contribution in [3.05, 3.63) is 22.4 Å². The van der Waals surface area contributed by atoms with Crippen LogP contribution < -0.4 is 10.6 Å². The highest BCUT2D eigenvalue weighted by atomic mass is 32.1. The summed E-state index contributed by atoms with van der Waals surface area (Å²) < 4.78 is 5.41. The van der Waals surface area contributed by atoms with Crippen molar-refractivity contribution in [1.82, 2.24) is 15.5 Å². The highest BCUT2D eigenvalue weighted by molar-refractivity contribution is 7.10. The Morgan fingerprint density at radius 3 is 2.95 bits per heavy atom. The van der Waals surface area contributed by atoms with Crippen molar-refractivity contribution in [3.8, 4) is 0 Å². The Labute approximate surface area is 124 Å². The maximum atomic E-state index is 11.8. The molecule has 1 aromatic heterocycles. The molecule has 5 nitrogen and oxygen atoms in total. The van der Waals surface area contributed by atoms with E-state index in [1.807, 2.05) is 7.05 Å². The van der Waals surface area contributed by atoms with Gasteiger partial charge in [0.15, 0.2) is 0 Å². The number of carbonyl (C=O) groups is 1. The Morgan fingerprint density at radius 2 is 2.30 bits per heavy atom. The fourth-order valence-corrected chi connectivity index (χ4v) is 3.18. The first kappa shape index (κ1) is 15.4. The van der Waals surface area contributed by atoms with E-state index in [4.69, 9.17) is 4.74 Å². The van der Waals surface area contributed by atoms with Gasteiger partial charge in [0.05, 0.1) is 19.3 Å². The molecule has 1 saturated heterocycles. The molecule has 0 spiro atoms. The number of amides is 1. The predicted molar refractivity (Wildman–Crippen MR) is 81.0 cm³/mol. The molecule has 0 bridgehead atoms. The fraction of sp³-hybridized carbons (Fsp3) is 0.643. The summed E-state index contributed by atoms with van der Waals surface area (Å²) in [7, 11) is 1.86. The quantitative estimate of drug-likeness (QED) is 0.783. The lowest BCUT2D eigenvalue weighted by atomic mass is 10.2.